The van der Waals surface area contributed by atoms with E-state index in [9.17, 15) is 10.1 Å². The summed E-state index contributed by atoms with van der Waals surface area (Å²) in [6.45, 7) is 0.484. The average Bonchev–Trinajstić information content (AvgIpc) is 2.81. The molecule has 3 aliphatic rings. The minimum Gasteiger partial charge on any atom is -0.337 e. The molecule has 0 aliphatic heterocycles. The highest BCUT2D eigenvalue weighted by molar-refractivity contribution is 5.74. The number of nitrogens with zero attached hydrogens (tertiary/aromatic N) is 1. The zero-order chi connectivity index (χ0) is 16.6. The second kappa shape index (κ2) is 6.12. The van der Waals surface area contributed by atoms with E-state index in [4.69, 9.17) is 0 Å². The first kappa shape index (κ1) is 15.5. The van der Waals surface area contributed by atoms with Gasteiger partial charge >= 0.3 is 6.03 Å². The maximum atomic E-state index is 12.4. The zero-order valence-electron chi connectivity index (χ0n) is 14.1. The molecule has 126 valence electrons. The molecular weight excluding hydrogens is 298 g/mol. The van der Waals surface area contributed by atoms with Gasteiger partial charge in [-0.1, -0.05) is 30.7 Å². The van der Waals surface area contributed by atoms with E-state index in [1.54, 1.807) is 0 Å². The van der Waals surface area contributed by atoms with Crippen molar-refractivity contribution in [2.24, 2.45) is 17.3 Å². The normalized spacial score (nSPS) is 29.5. The van der Waals surface area contributed by atoms with Crippen molar-refractivity contribution in [1.82, 2.24) is 10.6 Å². The Bertz CT molecular complexity index is 641. The number of carbonyl (C=O) groups excluding carboxylic acids is 1. The lowest BCUT2D eigenvalue weighted by atomic mass is 9.70. The van der Waals surface area contributed by atoms with Crippen LogP contribution in [0.4, 0.5) is 4.79 Å². The van der Waals surface area contributed by atoms with E-state index in [0.717, 1.165) is 32.1 Å². The number of amides is 2. The van der Waals surface area contributed by atoms with Gasteiger partial charge in [0, 0.05) is 12.6 Å². The SMILES string of the molecule is N#CC1(CNC(=O)NC2C3CCC2Cc2ccccc2C3)CCC1. The van der Waals surface area contributed by atoms with Crippen LogP contribution in [0.5, 0.6) is 0 Å². The highest BCUT2D eigenvalue weighted by atomic mass is 16.2. The molecule has 2 saturated carbocycles. The van der Waals surface area contributed by atoms with Crippen LogP contribution in [0.1, 0.15) is 43.2 Å². The van der Waals surface area contributed by atoms with E-state index in [1.165, 1.54) is 24.0 Å². The molecule has 1 aromatic rings. The number of carbonyl (C=O) groups is 1. The number of benzene rings is 1. The van der Waals surface area contributed by atoms with E-state index in [1.807, 2.05) is 0 Å². The van der Waals surface area contributed by atoms with Gasteiger partial charge in [0.25, 0.3) is 0 Å². The zero-order valence-corrected chi connectivity index (χ0v) is 14.1. The standard InChI is InChI=1S/C20H25N3O/c21-12-20(8-3-9-20)13-22-19(24)23-18-16-6-7-17(18)11-15-5-2-1-4-14(15)10-16/h1-2,4-5,16-18H,3,6-11,13H2,(H2,22,23,24). The molecule has 4 heteroatoms. The van der Waals surface area contributed by atoms with Crippen LogP contribution in [0, 0.1) is 28.6 Å². The Hall–Kier alpha value is -2.02. The first-order valence-corrected chi connectivity index (χ1v) is 9.21. The van der Waals surface area contributed by atoms with Crippen LogP contribution >= 0.6 is 0 Å². The monoisotopic (exact) mass is 323 g/mol. The third-order valence-corrected chi connectivity index (χ3v) is 6.44. The number of rotatable bonds is 3. The predicted octanol–water partition coefficient (Wildman–Crippen LogP) is 3.17. The molecule has 1 aromatic carbocycles. The van der Waals surface area contributed by atoms with E-state index < -0.39 is 0 Å². The van der Waals surface area contributed by atoms with Crippen molar-refractivity contribution >= 4 is 6.03 Å². The molecule has 0 aromatic heterocycles. The summed E-state index contributed by atoms with van der Waals surface area (Å²) >= 11 is 0. The van der Waals surface area contributed by atoms with E-state index in [2.05, 4.69) is 41.0 Å². The highest BCUT2D eigenvalue weighted by Gasteiger charge is 2.41. The molecule has 0 heterocycles. The van der Waals surface area contributed by atoms with Crippen molar-refractivity contribution < 1.29 is 4.79 Å². The summed E-state index contributed by atoms with van der Waals surface area (Å²) in [6.07, 6.45) is 7.46. The lowest BCUT2D eigenvalue weighted by Gasteiger charge is -2.35. The fourth-order valence-electron chi connectivity index (χ4n) is 4.77. The summed E-state index contributed by atoms with van der Waals surface area (Å²) in [6, 6.07) is 11.3. The maximum Gasteiger partial charge on any atom is 0.315 e. The third-order valence-electron chi connectivity index (χ3n) is 6.44. The van der Waals surface area contributed by atoms with Crippen LogP contribution in [-0.2, 0) is 12.8 Å². The van der Waals surface area contributed by atoms with Gasteiger partial charge in [-0.05, 0) is 61.5 Å². The van der Waals surface area contributed by atoms with E-state index in [0.29, 0.717) is 18.4 Å². The van der Waals surface area contributed by atoms with Crippen LogP contribution in [0.3, 0.4) is 0 Å². The van der Waals surface area contributed by atoms with Crippen molar-refractivity contribution in [3.8, 4) is 6.07 Å². The lowest BCUT2D eigenvalue weighted by molar-refractivity contribution is 0.194. The fourth-order valence-corrected chi connectivity index (χ4v) is 4.77. The molecule has 2 fully saturated rings. The molecule has 2 amide bonds. The average molecular weight is 323 g/mol. The number of hydrogen-bond donors (Lipinski definition) is 2. The van der Waals surface area contributed by atoms with Gasteiger partial charge in [-0.25, -0.2) is 4.79 Å². The van der Waals surface area contributed by atoms with Crippen molar-refractivity contribution in [2.75, 3.05) is 6.54 Å². The van der Waals surface area contributed by atoms with Crippen LogP contribution in [0.15, 0.2) is 24.3 Å². The Kier molecular flexibility index (Phi) is 3.96. The molecule has 2 N–H and O–H groups in total. The van der Waals surface area contributed by atoms with Crippen molar-refractivity contribution in [1.29, 1.82) is 5.26 Å². The molecule has 0 radical (unpaired) electrons. The van der Waals surface area contributed by atoms with Gasteiger partial charge in [0.1, 0.15) is 0 Å². The smallest absolute Gasteiger partial charge is 0.315 e. The van der Waals surface area contributed by atoms with E-state index >= 15 is 0 Å². The second-order valence-electron chi connectivity index (χ2n) is 7.87. The first-order valence-electron chi connectivity index (χ1n) is 9.21. The van der Waals surface area contributed by atoms with Crippen LogP contribution in [0.2, 0.25) is 0 Å². The number of fused-ring (bicyclic) bond motifs is 3. The summed E-state index contributed by atoms with van der Waals surface area (Å²) in [5.74, 6) is 1.08. The number of nitriles is 1. The Balaban J connectivity index is 1.39. The molecule has 2 bridgehead atoms. The predicted molar refractivity (Wildman–Crippen MR) is 92.3 cm³/mol. The molecule has 4 nitrogen and oxygen atoms in total. The van der Waals surface area contributed by atoms with Crippen molar-refractivity contribution in [2.45, 2.75) is 51.0 Å². The Morgan fingerprint density at radius 3 is 2.29 bits per heavy atom. The number of urea groups is 1. The summed E-state index contributed by atoms with van der Waals surface area (Å²) in [5, 5.41) is 15.5. The van der Waals surface area contributed by atoms with Gasteiger partial charge in [-0.2, -0.15) is 5.26 Å². The van der Waals surface area contributed by atoms with E-state index in [-0.39, 0.29) is 17.5 Å². The molecule has 2 atom stereocenters. The molecule has 0 spiro atoms. The van der Waals surface area contributed by atoms with Crippen molar-refractivity contribution in [3.05, 3.63) is 35.4 Å². The van der Waals surface area contributed by atoms with Gasteiger partial charge in [0.15, 0.2) is 0 Å². The van der Waals surface area contributed by atoms with Gasteiger partial charge in [0.05, 0.1) is 11.5 Å². The molecular formula is C20H25N3O. The molecule has 4 rings (SSSR count). The quantitative estimate of drug-likeness (QED) is 0.897. The molecule has 24 heavy (non-hydrogen) atoms. The first-order chi connectivity index (χ1) is 11.7. The lowest BCUT2D eigenvalue weighted by Crippen LogP contribution is -2.50. The Morgan fingerprint density at radius 2 is 1.79 bits per heavy atom. The summed E-state index contributed by atoms with van der Waals surface area (Å²) < 4.78 is 0. The molecule has 3 aliphatic carbocycles. The maximum absolute atomic E-state index is 12.4. The molecule has 2 unspecified atom stereocenters. The Morgan fingerprint density at radius 1 is 1.17 bits per heavy atom. The molecule has 0 saturated heterocycles. The third kappa shape index (κ3) is 2.77. The summed E-state index contributed by atoms with van der Waals surface area (Å²) in [5.41, 5.74) is 2.60. The minimum absolute atomic E-state index is 0.0932. The summed E-state index contributed by atoms with van der Waals surface area (Å²) in [7, 11) is 0. The highest BCUT2D eigenvalue weighted by Crippen LogP contribution is 2.41. The van der Waals surface area contributed by atoms with Crippen LogP contribution < -0.4 is 10.6 Å². The van der Waals surface area contributed by atoms with Crippen LogP contribution in [-0.4, -0.2) is 18.6 Å². The Labute approximate surface area is 143 Å². The summed E-state index contributed by atoms with van der Waals surface area (Å²) in [4.78, 5) is 12.4. The second-order valence-corrected chi connectivity index (χ2v) is 7.87. The van der Waals surface area contributed by atoms with Gasteiger partial charge < -0.3 is 10.6 Å². The van der Waals surface area contributed by atoms with Gasteiger partial charge in [-0.3, -0.25) is 0 Å². The fraction of sp³-hybridized carbons (Fsp3) is 0.600. The minimum atomic E-state index is -0.310. The topological polar surface area (TPSA) is 64.9 Å². The van der Waals surface area contributed by atoms with Gasteiger partial charge in [0.2, 0.25) is 0 Å². The van der Waals surface area contributed by atoms with Crippen molar-refractivity contribution in [3.63, 3.8) is 0 Å². The largest absolute Gasteiger partial charge is 0.337 e. The number of hydrogen-bond acceptors (Lipinski definition) is 2. The number of nitrogens with one attached hydrogen (secondary N) is 2. The van der Waals surface area contributed by atoms with Crippen LogP contribution in [0.25, 0.3) is 0 Å². The van der Waals surface area contributed by atoms with Gasteiger partial charge in [-0.15, -0.1) is 0 Å².